The van der Waals surface area contributed by atoms with Crippen molar-refractivity contribution >= 4 is 17.5 Å². The normalized spacial score (nSPS) is 20.4. The van der Waals surface area contributed by atoms with E-state index >= 15 is 0 Å². The van der Waals surface area contributed by atoms with Crippen LogP contribution in [0.15, 0.2) is 70.9 Å². The summed E-state index contributed by atoms with van der Waals surface area (Å²) in [5.74, 6) is -0.653. The maximum absolute atomic E-state index is 13.1. The van der Waals surface area contributed by atoms with Crippen LogP contribution in [0.25, 0.3) is 0 Å². The van der Waals surface area contributed by atoms with Crippen molar-refractivity contribution in [2.45, 2.75) is 52.1 Å². The lowest BCUT2D eigenvalue weighted by Gasteiger charge is -2.35. The summed E-state index contributed by atoms with van der Waals surface area (Å²) >= 11 is 0. The number of esters is 1. The molecule has 0 fully saturated rings. The minimum atomic E-state index is -0.623. The van der Waals surface area contributed by atoms with E-state index in [0.29, 0.717) is 30.8 Å². The highest BCUT2D eigenvalue weighted by Gasteiger charge is 2.44. The van der Waals surface area contributed by atoms with Crippen LogP contribution in [0, 0.1) is 5.92 Å². The third kappa shape index (κ3) is 4.38. The Balaban J connectivity index is 1.79. The van der Waals surface area contributed by atoms with Gasteiger partial charge in [-0.05, 0) is 37.8 Å². The molecule has 0 aromatic heterocycles. The molecule has 2 aromatic carbocycles. The lowest BCUT2D eigenvalue weighted by molar-refractivity contribution is -0.146. The Hall–Kier alpha value is -3.21. The fraction of sp³-hybridized carbons (Fsp3) is 0.370. The van der Waals surface area contributed by atoms with Gasteiger partial charge in [-0.3, -0.25) is 14.6 Å². The lowest BCUT2D eigenvalue weighted by atomic mass is 9.71. The molecule has 1 heterocycles. The Morgan fingerprint density at radius 3 is 2.53 bits per heavy atom. The van der Waals surface area contributed by atoms with Crippen molar-refractivity contribution in [3.8, 4) is 5.75 Å². The van der Waals surface area contributed by atoms with Gasteiger partial charge in [-0.2, -0.15) is 0 Å². The van der Waals surface area contributed by atoms with Crippen molar-refractivity contribution in [2.75, 3.05) is 6.61 Å². The maximum Gasteiger partial charge on any atom is 0.315 e. The second kappa shape index (κ2) is 9.94. The van der Waals surface area contributed by atoms with Crippen LogP contribution in [-0.4, -0.2) is 24.1 Å². The molecule has 1 unspecified atom stereocenters. The number of ketones is 1. The summed E-state index contributed by atoms with van der Waals surface area (Å²) in [7, 11) is 0. The molecular formula is C27H29NO4. The van der Waals surface area contributed by atoms with Crippen LogP contribution < -0.4 is 4.74 Å². The molecule has 166 valence electrons. The smallest absolute Gasteiger partial charge is 0.315 e. The Morgan fingerprint density at radius 1 is 1.03 bits per heavy atom. The predicted molar refractivity (Wildman–Crippen MR) is 124 cm³/mol. The van der Waals surface area contributed by atoms with E-state index in [9.17, 15) is 9.59 Å². The highest BCUT2D eigenvalue weighted by molar-refractivity contribution is 6.09. The van der Waals surface area contributed by atoms with Crippen molar-refractivity contribution in [3.63, 3.8) is 0 Å². The van der Waals surface area contributed by atoms with Gasteiger partial charge in [0.2, 0.25) is 0 Å². The number of allylic oxidation sites excluding steroid dienone is 2. The second-order valence-electron chi connectivity index (χ2n) is 8.11. The number of carbonyl (C=O) groups is 2. The summed E-state index contributed by atoms with van der Waals surface area (Å²) in [5.41, 5.74) is 4.14. The van der Waals surface area contributed by atoms with Crippen molar-refractivity contribution in [3.05, 3.63) is 77.0 Å². The average molecular weight is 432 g/mol. The summed E-state index contributed by atoms with van der Waals surface area (Å²) < 4.78 is 11.7. The Kier molecular flexibility index (Phi) is 6.84. The molecule has 0 spiro atoms. The third-order valence-corrected chi connectivity index (χ3v) is 6.10. The van der Waals surface area contributed by atoms with Gasteiger partial charge in [0.1, 0.15) is 18.3 Å². The quantitative estimate of drug-likeness (QED) is 0.551. The van der Waals surface area contributed by atoms with Gasteiger partial charge in [-0.15, -0.1) is 0 Å². The van der Waals surface area contributed by atoms with E-state index < -0.39 is 11.8 Å². The molecule has 32 heavy (non-hydrogen) atoms. The predicted octanol–water partition coefficient (Wildman–Crippen LogP) is 5.40. The van der Waals surface area contributed by atoms with Gasteiger partial charge in [0, 0.05) is 34.9 Å². The SMILES string of the molecule is CCOC(=O)C1C(CC)=NC2=C(C(=O)CCC2)[C@H]1c1ccccc1OCc1ccccc1. The fourth-order valence-corrected chi connectivity index (χ4v) is 4.66. The molecule has 2 aromatic rings. The number of para-hydroxylation sites is 1. The number of carbonyl (C=O) groups excluding carboxylic acids is 2. The topological polar surface area (TPSA) is 65.0 Å². The molecular weight excluding hydrogens is 402 g/mol. The number of hydrogen-bond donors (Lipinski definition) is 0. The molecule has 0 amide bonds. The van der Waals surface area contributed by atoms with Gasteiger partial charge in [-0.1, -0.05) is 55.5 Å². The number of benzene rings is 2. The summed E-state index contributed by atoms with van der Waals surface area (Å²) in [6.45, 7) is 4.48. The number of nitrogens with zero attached hydrogens (tertiary/aromatic N) is 1. The van der Waals surface area contributed by atoms with Crippen LogP contribution in [0.4, 0.5) is 0 Å². The molecule has 0 N–H and O–H groups in total. The molecule has 0 bridgehead atoms. The zero-order valence-electron chi connectivity index (χ0n) is 18.7. The summed E-state index contributed by atoms with van der Waals surface area (Å²) in [4.78, 5) is 31.0. The Labute approximate surface area is 189 Å². The largest absolute Gasteiger partial charge is 0.489 e. The molecule has 4 rings (SSSR count). The zero-order valence-corrected chi connectivity index (χ0v) is 18.7. The van der Waals surface area contributed by atoms with E-state index in [-0.39, 0.29) is 18.4 Å². The molecule has 1 aliphatic heterocycles. The van der Waals surface area contributed by atoms with Crippen LogP contribution in [0.5, 0.6) is 5.75 Å². The maximum atomic E-state index is 13.1. The number of rotatable bonds is 7. The first-order valence-corrected chi connectivity index (χ1v) is 11.4. The average Bonchev–Trinajstić information content (AvgIpc) is 2.82. The molecule has 0 saturated carbocycles. The first-order valence-electron chi connectivity index (χ1n) is 11.4. The van der Waals surface area contributed by atoms with Crippen LogP contribution in [-0.2, 0) is 20.9 Å². The van der Waals surface area contributed by atoms with E-state index in [0.717, 1.165) is 35.4 Å². The van der Waals surface area contributed by atoms with Crippen LogP contribution in [0.2, 0.25) is 0 Å². The summed E-state index contributed by atoms with van der Waals surface area (Å²) in [5, 5.41) is 0. The minimum absolute atomic E-state index is 0.0716. The summed E-state index contributed by atoms with van der Waals surface area (Å²) in [6.07, 6.45) is 2.65. The monoisotopic (exact) mass is 431 g/mol. The number of Topliss-reactive ketones (excluding diaryl/α,β-unsaturated/α-hetero) is 1. The molecule has 2 aliphatic rings. The van der Waals surface area contributed by atoms with Gasteiger partial charge in [0.05, 0.1) is 6.61 Å². The molecule has 5 heteroatoms. The number of aliphatic imine (C=N–C) groups is 1. The van der Waals surface area contributed by atoms with Crippen molar-refractivity contribution < 1.29 is 19.1 Å². The van der Waals surface area contributed by atoms with Crippen LogP contribution in [0.3, 0.4) is 0 Å². The highest BCUT2D eigenvalue weighted by Crippen LogP contribution is 2.46. The van der Waals surface area contributed by atoms with Gasteiger partial charge in [-0.25, -0.2) is 0 Å². The minimum Gasteiger partial charge on any atom is -0.489 e. The van der Waals surface area contributed by atoms with Crippen molar-refractivity contribution in [1.82, 2.24) is 0 Å². The van der Waals surface area contributed by atoms with E-state index in [1.54, 1.807) is 6.92 Å². The Bertz CT molecular complexity index is 1050. The van der Waals surface area contributed by atoms with Crippen molar-refractivity contribution in [1.29, 1.82) is 0 Å². The molecule has 2 atom stereocenters. The fourth-order valence-electron chi connectivity index (χ4n) is 4.66. The van der Waals surface area contributed by atoms with Gasteiger partial charge in [0.25, 0.3) is 0 Å². The van der Waals surface area contributed by atoms with Gasteiger partial charge in [0.15, 0.2) is 5.78 Å². The van der Waals surface area contributed by atoms with Gasteiger partial charge >= 0.3 is 5.97 Å². The molecule has 1 aliphatic carbocycles. The molecule has 5 nitrogen and oxygen atoms in total. The van der Waals surface area contributed by atoms with Crippen LogP contribution in [0.1, 0.15) is 56.6 Å². The highest BCUT2D eigenvalue weighted by atomic mass is 16.5. The van der Waals surface area contributed by atoms with E-state index in [4.69, 9.17) is 14.5 Å². The van der Waals surface area contributed by atoms with Crippen LogP contribution >= 0.6 is 0 Å². The summed E-state index contributed by atoms with van der Waals surface area (Å²) in [6, 6.07) is 17.7. The molecule has 0 saturated heterocycles. The lowest BCUT2D eigenvalue weighted by Crippen LogP contribution is -2.38. The van der Waals surface area contributed by atoms with Crippen molar-refractivity contribution in [2.24, 2.45) is 10.9 Å². The Morgan fingerprint density at radius 2 is 1.78 bits per heavy atom. The zero-order chi connectivity index (χ0) is 22.5. The van der Waals surface area contributed by atoms with E-state index in [1.165, 1.54) is 0 Å². The van der Waals surface area contributed by atoms with Gasteiger partial charge < -0.3 is 9.47 Å². The number of ether oxygens (including phenoxy) is 2. The number of hydrogen-bond acceptors (Lipinski definition) is 5. The standard InChI is InChI=1S/C27H29NO4/c1-3-20-26(27(30)31-4-2)24(25-21(28-20)14-10-15-22(25)29)19-13-8-9-16-23(19)32-17-18-11-6-5-7-12-18/h5-9,11-13,16,24,26H,3-4,10,14-15,17H2,1-2H3/t24-,26?/m1/s1. The van der Waals surface area contributed by atoms with E-state index in [2.05, 4.69) is 0 Å². The second-order valence-corrected chi connectivity index (χ2v) is 8.11. The first kappa shape index (κ1) is 22.0. The first-order chi connectivity index (χ1) is 15.6. The third-order valence-electron chi connectivity index (χ3n) is 6.10. The molecule has 0 radical (unpaired) electrons. The van der Waals surface area contributed by atoms with E-state index in [1.807, 2.05) is 61.5 Å².